The summed E-state index contributed by atoms with van der Waals surface area (Å²) >= 11 is 3.49. The maximum Gasteiger partial charge on any atom is 0.224 e. The van der Waals surface area contributed by atoms with Crippen LogP contribution >= 0.6 is 15.9 Å². The number of halogens is 2. The van der Waals surface area contributed by atoms with Crippen LogP contribution in [-0.2, 0) is 4.79 Å². The fraction of sp³-hybridized carbons (Fsp3) is 0.360. The van der Waals surface area contributed by atoms with Crippen LogP contribution in [0.3, 0.4) is 0 Å². The maximum atomic E-state index is 13.9. The van der Waals surface area contributed by atoms with E-state index in [1.165, 1.54) is 0 Å². The number of benzene rings is 1. The predicted molar refractivity (Wildman–Crippen MR) is 139 cm³/mol. The second-order valence-electron chi connectivity index (χ2n) is 9.45. The Bertz CT molecular complexity index is 1550. The summed E-state index contributed by atoms with van der Waals surface area (Å²) < 4.78 is 16.1. The van der Waals surface area contributed by atoms with Gasteiger partial charge in [0, 0.05) is 42.8 Å². The van der Waals surface area contributed by atoms with Gasteiger partial charge in [-0.05, 0) is 53.4 Å². The number of hydrogen-bond donors (Lipinski definition) is 3. The highest BCUT2D eigenvalue weighted by Crippen LogP contribution is 2.30. The Morgan fingerprint density at radius 3 is 2.97 bits per heavy atom. The summed E-state index contributed by atoms with van der Waals surface area (Å²) in [4.78, 5) is 26.2. The van der Waals surface area contributed by atoms with Gasteiger partial charge in [0.25, 0.3) is 0 Å². The minimum Gasteiger partial charge on any atom is -0.351 e. The number of carbonyl (C=O) groups excluding carboxylic acids is 1. The maximum absolute atomic E-state index is 13.9. The molecule has 2 aliphatic rings. The van der Waals surface area contributed by atoms with Crippen molar-refractivity contribution >= 4 is 49.7 Å². The highest BCUT2D eigenvalue weighted by Gasteiger charge is 2.34. The van der Waals surface area contributed by atoms with Crippen molar-refractivity contribution in [1.82, 2.24) is 35.4 Å². The molecule has 10 nitrogen and oxygen atoms in total. The molecule has 4 heterocycles. The molecule has 37 heavy (non-hydrogen) atoms. The minimum atomic E-state index is -1.05. The summed E-state index contributed by atoms with van der Waals surface area (Å²) in [5.74, 6) is 0.154. The molecule has 12 heteroatoms. The zero-order chi connectivity index (χ0) is 25.5. The Morgan fingerprint density at radius 2 is 2.16 bits per heavy atom. The SMILES string of the molecule is N#Cc1cc(-n2nc(Br)c3cnc(N[C@@H]4CC[C@@H](C(=O)N[C@@H]5CNC[C@@H]5F)C4)nc32)cc2cccnc12. The van der Waals surface area contributed by atoms with E-state index >= 15 is 0 Å². The Kier molecular flexibility index (Phi) is 6.18. The molecule has 4 aromatic rings. The van der Waals surface area contributed by atoms with E-state index in [9.17, 15) is 14.4 Å². The van der Waals surface area contributed by atoms with Crippen molar-refractivity contribution in [2.45, 2.75) is 37.5 Å². The van der Waals surface area contributed by atoms with E-state index in [0.29, 0.717) is 52.4 Å². The lowest BCUT2D eigenvalue weighted by Gasteiger charge is -2.18. The fourth-order valence-corrected chi connectivity index (χ4v) is 5.56. The van der Waals surface area contributed by atoms with Gasteiger partial charge in [-0.25, -0.2) is 14.1 Å². The third kappa shape index (κ3) is 4.49. The van der Waals surface area contributed by atoms with Crippen LogP contribution in [-0.4, -0.2) is 62.0 Å². The lowest BCUT2D eigenvalue weighted by atomic mass is 10.1. The second-order valence-corrected chi connectivity index (χ2v) is 10.2. The van der Waals surface area contributed by atoms with Crippen LogP contribution in [0.25, 0.3) is 27.6 Å². The van der Waals surface area contributed by atoms with E-state index in [1.54, 1.807) is 23.1 Å². The largest absolute Gasteiger partial charge is 0.351 e. The number of nitriles is 1. The van der Waals surface area contributed by atoms with Gasteiger partial charge < -0.3 is 16.0 Å². The van der Waals surface area contributed by atoms with E-state index in [1.807, 2.05) is 18.2 Å². The molecule has 0 radical (unpaired) electrons. The Hall–Kier alpha value is -3.69. The second kappa shape index (κ2) is 9.64. The number of anilines is 1. The molecule has 1 amide bonds. The highest BCUT2D eigenvalue weighted by molar-refractivity contribution is 9.10. The van der Waals surface area contributed by atoms with Crippen LogP contribution in [0.1, 0.15) is 24.8 Å². The molecule has 1 aromatic carbocycles. The van der Waals surface area contributed by atoms with Gasteiger partial charge >= 0.3 is 0 Å². The van der Waals surface area contributed by atoms with Gasteiger partial charge in [0.1, 0.15) is 16.8 Å². The molecular weight excluding hydrogens is 541 g/mol. The topological polar surface area (TPSA) is 133 Å². The number of amides is 1. The zero-order valence-corrected chi connectivity index (χ0v) is 21.2. The van der Waals surface area contributed by atoms with Gasteiger partial charge in [0.15, 0.2) is 5.65 Å². The smallest absolute Gasteiger partial charge is 0.224 e. The number of carbonyl (C=O) groups is 1. The van der Waals surface area contributed by atoms with Gasteiger partial charge in [-0.2, -0.15) is 15.3 Å². The van der Waals surface area contributed by atoms with Crippen LogP contribution in [0.5, 0.6) is 0 Å². The summed E-state index contributed by atoms with van der Waals surface area (Å²) in [6, 6.07) is 9.16. The molecule has 1 saturated carbocycles. The molecule has 1 aliphatic carbocycles. The third-order valence-corrected chi connectivity index (χ3v) is 7.62. The van der Waals surface area contributed by atoms with Gasteiger partial charge in [-0.1, -0.05) is 6.07 Å². The van der Waals surface area contributed by atoms with Crippen molar-refractivity contribution in [3.05, 3.63) is 46.8 Å². The number of nitrogens with one attached hydrogen (secondary N) is 3. The van der Waals surface area contributed by atoms with Crippen molar-refractivity contribution in [3.8, 4) is 11.8 Å². The Morgan fingerprint density at radius 1 is 1.27 bits per heavy atom. The van der Waals surface area contributed by atoms with Crippen molar-refractivity contribution in [2.75, 3.05) is 18.4 Å². The van der Waals surface area contributed by atoms with Crippen molar-refractivity contribution in [2.24, 2.45) is 5.92 Å². The van der Waals surface area contributed by atoms with Crippen LogP contribution in [0.4, 0.5) is 10.3 Å². The standard InChI is InChI=1S/C25H23BrFN9O/c26-22-18-10-31-25(32-16-4-3-14(6-16)24(37)33-20-12-29-11-19(20)27)34-23(18)36(35-22)17-7-13-2-1-5-30-21(13)15(8-17)9-28/h1-2,5,7-8,10,14,16,19-20,29H,3-4,6,11-12H2,(H,33,37)(H,31,32,34)/t14-,16-,19+,20-/m1/s1. The molecular formula is C25H23BrFN9O. The van der Waals surface area contributed by atoms with E-state index in [-0.39, 0.29) is 24.4 Å². The van der Waals surface area contributed by atoms with Gasteiger partial charge in [0.05, 0.1) is 28.2 Å². The number of hydrogen-bond acceptors (Lipinski definition) is 8. The monoisotopic (exact) mass is 563 g/mol. The summed E-state index contributed by atoms with van der Waals surface area (Å²) in [5.41, 5.74) is 2.34. The summed E-state index contributed by atoms with van der Waals surface area (Å²) in [6.45, 7) is 0.738. The van der Waals surface area contributed by atoms with Crippen molar-refractivity contribution in [1.29, 1.82) is 5.26 Å². The van der Waals surface area contributed by atoms with E-state index < -0.39 is 12.2 Å². The molecule has 4 atom stereocenters. The molecule has 1 saturated heterocycles. The first-order chi connectivity index (χ1) is 18.0. The lowest BCUT2D eigenvalue weighted by molar-refractivity contribution is -0.125. The van der Waals surface area contributed by atoms with Gasteiger partial charge in [-0.3, -0.25) is 9.78 Å². The van der Waals surface area contributed by atoms with Crippen LogP contribution in [0.2, 0.25) is 0 Å². The average Bonchev–Trinajstić information content (AvgIpc) is 3.63. The molecule has 3 N–H and O–H groups in total. The Labute approximate surface area is 219 Å². The van der Waals surface area contributed by atoms with Crippen LogP contribution in [0.15, 0.2) is 41.3 Å². The lowest BCUT2D eigenvalue weighted by Crippen LogP contribution is -2.43. The molecule has 188 valence electrons. The minimum absolute atomic E-state index is 0.0211. The number of pyridine rings is 1. The first-order valence-corrected chi connectivity index (χ1v) is 12.9. The molecule has 3 aromatic heterocycles. The quantitative estimate of drug-likeness (QED) is 0.337. The normalized spacial score (nSPS) is 23.4. The fourth-order valence-electron chi connectivity index (χ4n) is 5.12. The van der Waals surface area contributed by atoms with Gasteiger partial charge in [0.2, 0.25) is 11.9 Å². The van der Waals surface area contributed by atoms with Crippen LogP contribution < -0.4 is 16.0 Å². The molecule has 1 aliphatic heterocycles. The molecule has 0 bridgehead atoms. The molecule has 2 fully saturated rings. The molecule has 6 rings (SSSR count). The predicted octanol–water partition coefficient (Wildman–Crippen LogP) is 3.00. The summed E-state index contributed by atoms with van der Waals surface area (Å²) in [5, 5.41) is 25.0. The summed E-state index contributed by atoms with van der Waals surface area (Å²) in [6.07, 6.45) is 4.43. The number of nitrogens with zero attached hydrogens (tertiary/aromatic N) is 6. The third-order valence-electron chi connectivity index (χ3n) is 7.04. The molecule has 0 unspecified atom stereocenters. The Balaban J connectivity index is 1.23. The van der Waals surface area contributed by atoms with E-state index in [4.69, 9.17) is 4.98 Å². The number of fused-ring (bicyclic) bond motifs is 2. The van der Waals surface area contributed by atoms with Crippen molar-refractivity contribution < 1.29 is 9.18 Å². The number of rotatable bonds is 5. The van der Waals surface area contributed by atoms with E-state index in [0.717, 1.165) is 17.2 Å². The van der Waals surface area contributed by atoms with E-state index in [2.05, 4.69) is 53.0 Å². The van der Waals surface area contributed by atoms with Crippen LogP contribution in [0, 0.1) is 17.2 Å². The average molecular weight is 564 g/mol. The number of aromatic nitrogens is 5. The van der Waals surface area contributed by atoms with Gasteiger partial charge in [-0.15, -0.1) is 0 Å². The first-order valence-electron chi connectivity index (χ1n) is 12.1. The van der Waals surface area contributed by atoms with Crippen molar-refractivity contribution in [3.63, 3.8) is 0 Å². The molecule has 0 spiro atoms. The zero-order valence-electron chi connectivity index (χ0n) is 19.7. The number of alkyl halides is 1. The summed E-state index contributed by atoms with van der Waals surface area (Å²) in [7, 11) is 0. The first kappa shape index (κ1) is 23.7. The highest BCUT2D eigenvalue weighted by atomic mass is 79.9.